The molecule has 2 aromatic carbocycles. The Bertz CT molecular complexity index is 1240. The highest BCUT2D eigenvalue weighted by atomic mass is 35.5. The first-order valence-electron chi connectivity index (χ1n) is 10.2. The standard InChI is InChI=1S/C24H19Cl3N4O2/c25-15-5-8-20(18(11-15)24(33)31-21-9-6-16(26)12-29-21)30-23(32)17-7-4-14(10-19(17)27)22(28)13-2-1-3-13/h4-13,28H,1-3H2,(H,30,32)(H,29,31,33). The average Bonchev–Trinajstić information content (AvgIpc) is 2.75. The summed E-state index contributed by atoms with van der Waals surface area (Å²) in [5.41, 5.74) is 1.92. The summed E-state index contributed by atoms with van der Waals surface area (Å²) in [6.07, 6.45) is 4.55. The summed E-state index contributed by atoms with van der Waals surface area (Å²) in [6.45, 7) is 0. The molecule has 0 unspecified atom stereocenters. The molecule has 1 fully saturated rings. The lowest BCUT2D eigenvalue weighted by molar-refractivity contribution is 0.102. The molecular weight excluding hydrogens is 483 g/mol. The number of carbonyl (C=O) groups excluding carboxylic acids is 2. The number of aromatic nitrogens is 1. The van der Waals surface area contributed by atoms with Gasteiger partial charge in [0.25, 0.3) is 11.8 Å². The molecule has 2 amide bonds. The van der Waals surface area contributed by atoms with E-state index < -0.39 is 11.8 Å². The van der Waals surface area contributed by atoms with Crippen LogP contribution in [-0.2, 0) is 0 Å². The fraction of sp³-hybridized carbons (Fsp3) is 0.167. The average molecular weight is 502 g/mol. The summed E-state index contributed by atoms with van der Waals surface area (Å²) < 4.78 is 0. The van der Waals surface area contributed by atoms with Gasteiger partial charge >= 0.3 is 0 Å². The molecule has 9 heteroatoms. The van der Waals surface area contributed by atoms with E-state index in [2.05, 4.69) is 15.6 Å². The van der Waals surface area contributed by atoms with Gasteiger partial charge in [-0.3, -0.25) is 9.59 Å². The molecule has 33 heavy (non-hydrogen) atoms. The Morgan fingerprint density at radius 3 is 2.24 bits per heavy atom. The van der Waals surface area contributed by atoms with Gasteiger partial charge in [-0.1, -0.05) is 47.3 Å². The van der Waals surface area contributed by atoms with E-state index in [9.17, 15) is 9.59 Å². The lowest BCUT2D eigenvalue weighted by Gasteiger charge is -2.26. The van der Waals surface area contributed by atoms with Crippen molar-refractivity contribution in [3.05, 3.63) is 86.5 Å². The van der Waals surface area contributed by atoms with Crippen LogP contribution < -0.4 is 10.6 Å². The minimum absolute atomic E-state index is 0.159. The third-order valence-corrected chi connectivity index (χ3v) is 6.25. The molecule has 4 rings (SSSR count). The first-order valence-corrected chi connectivity index (χ1v) is 11.4. The Kier molecular flexibility index (Phi) is 6.98. The molecule has 1 aromatic heterocycles. The molecule has 6 nitrogen and oxygen atoms in total. The Morgan fingerprint density at radius 1 is 0.879 bits per heavy atom. The Hall–Kier alpha value is -2.93. The third kappa shape index (κ3) is 5.36. The van der Waals surface area contributed by atoms with Gasteiger partial charge in [0.1, 0.15) is 5.82 Å². The van der Waals surface area contributed by atoms with Gasteiger partial charge in [0.2, 0.25) is 0 Å². The van der Waals surface area contributed by atoms with Crippen molar-refractivity contribution in [2.45, 2.75) is 19.3 Å². The van der Waals surface area contributed by atoms with Gasteiger partial charge < -0.3 is 16.0 Å². The van der Waals surface area contributed by atoms with E-state index in [1.165, 1.54) is 12.3 Å². The maximum absolute atomic E-state index is 12.9. The van der Waals surface area contributed by atoms with Crippen molar-refractivity contribution >= 4 is 63.8 Å². The van der Waals surface area contributed by atoms with Crippen LogP contribution >= 0.6 is 34.8 Å². The summed E-state index contributed by atoms with van der Waals surface area (Å²) in [6, 6.07) is 12.7. The number of amides is 2. The van der Waals surface area contributed by atoms with E-state index in [1.807, 2.05) is 0 Å². The van der Waals surface area contributed by atoms with Crippen LogP contribution in [0, 0.1) is 11.3 Å². The fourth-order valence-electron chi connectivity index (χ4n) is 3.44. The molecule has 168 valence electrons. The summed E-state index contributed by atoms with van der Waals surface area (Å²) in [5, 5.41) is 14.7. The largest absolute Gasteiger partial charge is 0.321 e. The highest BCUT2D eigenvalue weighted by Gasteiger charge is 2.24. The zero-order chi connectivity index (χ0) is 23.5. The molecule has 1 aliphatic rings. The van der Waals surface area contributed by atoms with Gasteiger partial charge in [-0.25, -0.2) is 4.98 Å². The third-order valence-electron chi connectivity index (χ3n) is 5.48. The quantitative estimate of drug-likeness (QED) is 0.327. The maximum atomic E-state index is 12.9. The smallest absolute Gasteiger partial charge is 0.258 e. The highest BCUT2D eigenvalue weighted by Crippen LogP contribution is 2.31. The second-order valence-corrected chi connectivity index (χ2v) is 8.98. The number of nitrogens with zero attached hydrogens (tertiary/aromatic N) is 1. The zero-order valence-electron chi connectivity index (χ0n) is 17.3. The number of anilines is 2. The monoisotopic (exact) mass is 500 g/mol. The first-order chi connectivity index (χ1) is 15.8. The van der Waals surface area contributed by atoms with Crippen LogP contribution in [0.2, 0.25) is 15.1 Å². The molecule has 0 aliphatic heterocycles. The number of hydrogen-bond donors (Lipinski definition) is 3. The van der Waals surface area contributed by atoms with E-state index in [0.717, 1.165) is 19.3 Å². The summed E-state index contributed by atoms with van der Waals surface area (Å²) >= 11 is 18.3. The molecular formula is C24H19Cl3N4O2. The number of pyridine rings is 1. The number of hydrogen-bond acceptors (Lipinski definition) is 4. The van der Waals surface area contributed by atoms with E-state index in [0.29, 0.717) is 27.1 Å². The van der Waals surface area contributed by atoms with Crippen molar-refractivity contribution in [2.75, 3.05) is 10.6 Å². The van der Waals surface area contributed by atoms with Crippen molar-refractivity contribution < 1.29 is 9.59 Å². The van der Waals surface area contributed by atoms with E-state index in [1.54, 1.807) is 42.5 Å². The SMILES string of the molecule is N=C(c1ccc(C(=O)Nc2ccc(Cl)cc2C(=O)Nc2ccc(Cl)cn2)c(Cl)c1)C1CCC1. The van der Waals surface area contributed by atoms with E-state index in [4.69, 9.17) is 40.2 Å². The molecule has 1 heterocycles. The van der Waals surface area contributed by atoms with Crippen LogP contribution in [0.25, 0.3) is 0 Å². The van der Waals surface area contributed by atoms with Crippen molar-refractivity contribution in [1.82, 2.24) is 4.98 Å². The molecule has 0 saturated heterocycles. The van der Waals surface area contributed by atoms with Crippen LogP contribution in [-0.4, -0.2) is 22.5 Å². The lowest BCUT2D eigenvalue weighted by Crippen LogP contribution is -2.22. The molecule has 0 atom stereocenters. The van der Waals surface area contributed by atoms with Gasteiger partial charge in [0, 0.05) is 22.8 Å². The van der Waals surface area contributed by atoms with Crippen LogP contribution in [0.3, 0.4) is 0 Å². The predicted octanol–water partition coefficient (Wildman–Crippen LogP) is 6.71. The number of rotatable bonds is 6. The van der Waals surface area contributed by atoms with Crippen molar-refractivity contribution in [1.29, 1.82) is 5.41 Å². The Balaban J connectivity index is 1.53. The summed E-state index contributed by atoms with van der Waals surface area (Å²) in [5.74, 6) is -0.430. The van der Waals surface area contributed by atoms with E-state index >= 15 is 0 Å². The van der Waals surface area contributed by atoms with Gasteiger partial charge in [0.05, 0.1) is 26.9 Å². The second kappa shape index (κ2) is 9.91. The number of carbonyl (C=O) groups is 2. The van der Waals surface area contributed by atoms with Crippen molar-refractivity contribution in [3.8, 4) is 0 Å². The fourth-order valence-corrected chi connectivity index (χ4v) is 3.99. The highest BCUT2D eigenvalue weighted by molar-refractivity contribution is 6.35. The Morgan fingerprint density at radius 2 is 1.61 bits per heavy atom. The van der Waals surface area contributed by atoms with Crippen LogP contribution in [0.4, 0.5) is 11.5 Å². The van der Waals surface area contributed by atoms with Crippen LogP contribution in [0.1, 0.15) is 45.5 Å². The first kappa shape index (κ1) is 23.2. The molecule has 3 aromatic rings. The lowest BCUT2D eigenvalue weighted by atomic mass is 9.79. The van der Waals surface area contributed by atoms with Gasteiger partial charge in [0.15, 0.2) is 0 Å². The molecule has 1 saturated carbocycles. The molecule has 0 spiro atoms. The Labute approximate surface area is 205 Å². The van der Waals surface area contributed by atoms with Gasteiger partial charge in [-0.05, 0) is 60.9 Å². The topological polar surface area (TPSA) is 94.9 Å². The minimum Gasteiger partial charge on any atom is -0.321 e. The predicted molar refractivity (Wildman–Crippen MR) is 132 cm³/mol. The number of halogens is 3. The second-order valence-electron chi connectivity index (χ2n) is 7.70. The maximum Gasteiger partial charge on any atom is 0.258 e. The van der Waals surface area contributed by atoms with Crippen molar-refractivity contribution in [3.63, 3.8) is 0 Å². The molecule has 0 bridgehead atoms. The molecule has 0 radical (unpaired) electrons. The number of benzene rings is 2. The van der Waals surface area contributed by atoms with Gasteiger partial charge in [-0.15, -0.1) is 0 Å². The van der Waals surface area contributed by atoms with Crippen LogP contribution in [0.5, 0.6) is 0 Å². The molecule has 3 N–H and O–H groups in total. The summed E-state index contributed by atoms with van der Waals surface area (Å²) in [4.78, 5) is 29.8. The normalized spacial score (nSPS) is 13.2. The van der Waals surface area contributed by atoms with Gasteiger partial charge in [-0.2, -0.15) is 0 Å². The zero-order valence-corrected chi connectivity index (χ0v) is 19.6. The van der Waals surface area contributed by atoms with Crippen molar-refractivity contribution in [2.24, 2.45) is 5.92 Å². The van der Waals surface area contributed by atoms with Crippen LogP contribution in [0.15, 0.2) is 54.7 Å². The number of nitrogens with one attached hydrogen (secondary N) is 3. The minimum atomic E-state index is -0.502. The van der Waals surface area contributed by atoms with E-state index in [-0.39, 0.29) is 27.8 Å². The molecule has 1 aliphatic carbocycles. The summed E-state index contributed by atoms with van der Waals surface area (Å²) in [7, 11) is 0.